The fourth-order valence-corrected chi connectivity index (χ4v) is 4.91. The van der Waals surface area contributed by atoms with Crippen LogP contribution in [0.5, 0.6) is 0 Å². The Hall–Kier alpha value is -2.25. The van der Waals surface area contributed by atoms with Gasteiger partial charge < -0.3 is 4.90 Å². The first-order chi connectivity index (χ1) is 13.9. The van der Waals surface area contributed by atoms with Crippen LogP contribution in [0.4, 0.5) is 0 Å². The van der Waals surface area contributed by atoms with E-state index in [1.54, 1.807) is 29.4 Å². The number of pyridine rings is 1. The summed E-state index contributed by atoms with van der Waals surface area (Å²) in [7, 11) is -3.53. The van der Waals surface area contributed by atoms with Gasteiger partial charge in [-0.1, -0.05) is 32.0 Å². The van der Waals surface area contributed by atoms with Crippen molar-refractivity contribution in [2.45, 2.75) is 43.9 Å². The molecule has 1 aromatic carbocycles. The SMILES string of the molecule is CC[C@H](C)c1ccc(S(=O)(=O)N2CCN(C(=O)CCc3cccnc3)CC2)cc1. The maximum Gasteiger partial charge on any atom is 0.243 e. The van der Waals surface area contributed by atoms with Crippen LogP contribution in [0.1, 0.15) is 43.7 Å². The summed E-state index contributed by atoms with van der Waals surface area (Å²) in [5.74, 6) is 0.469. The smallest absolute Gasteiger partial charge is 0.243 e. The largest absolute Gasteiger partial charge is 0.340 e. The number of aryl methyl sites for hydroxylation is 1. The summed E-state index contributed by atoms with van der Waals surface area (Å²) >= 11 is 0. The predicted molar refractivity (Wildman–Crippen MR) is 113 cm³/mol. The Bertz CT molecular complexity index is 906. The maximum absolute atomic E-state index is 12.9. The molecular formula is C22H29N3O3S. The van der Waals surface area contributed by atoms with Gasteiger partial charge in [0.2, 0.25) is 15.9 Å². The van der Waals surface area contributed by atoms with Gasteiger partial charge in [-0.2, -0.15) is 4.31 Å². The van der Waals surface area contributed by atoms with Crippen molar-refractivity contribution in [1.82, 2.24) is 14.2 Å². The molecule has 0 saturated carbocycles. The van der Waals surface area contributed by atoms with Crippen molar-refractivity contribution in [3.63, 3.8) is 0 Å². The number of aromatic nitrogens is 1. The molecule has 156 valence electrons. The van der Waals surface area contributed by atoms with Crippen LogP contribution in [0, 0.1) is 0 Å². The lowest BCUT2D eigenvalue weighted by Gasteiger charge is -2.34. The molecule has 1 amide bonds. The van der Waals surface area contributed by atoms with E-state index in [0.717, 1.165) is 17.5 Å². The van der Waals surface area contributed by atoms with Crippen LogP contribution in [0.25, 0.3) is 0 Å². The molecule has 0 bridgehead atoms. The normalized spacial score (nSPS) is 16.6. The van der Waals surface area contributed by atoms with Gasteiger partial charge >= 0.3 is 0 Å². The number of carbonyl (C=O) groups is 1. The Labute approximate surface area is 173 Å². The monoisotopic (exact) mass is 415 g/mol. The van der Waals surface area contributed by atoms with Gasteiger partial charge in [0.25, 0.3) is 0 Å². The molecule has 1 aliphatic rings. The highest BCUT2D eigenvalue weighted by molar-refractivity contribution is 7.89. The quantitative estimate of drug-likeness (QED) is 0.697. The average Bonchev–Trinajstić information content (AvgIpc) is 2.77. The summed E-state index contributed by atoms with van der Waals surface area (Å²) in [6.45, 7) is 5.76. The molecular weight excluding hydrogens is 386 g/mol. The van der Waals surface area contributed by atoms with Crippen LogP contribution < -0.4 is 0 Å². The Kier molecular flexibility index (Phi) is 7.03. The highest BCUT2D eigenvalue weighted by atomic mass is 32.2. The van der Waals surface area contributed by atoms with Gasteiger partial charge in [-0.15, -0.1) is 0 Å². The van der Waals surface area contributed by atoms with E-state index in [-0.39, 0.29) is 5.91 Å². The van der Waals surface area contributed by atoms with Gasteiger partial charge in [0.15, 0.2) is 0 Å². The fourth-order valence-electron chi connectivity index (χ4n) is 3.49. The highest BCUT2D eigenvalue weighted by Crippen LogP contribution is 2.23. The summed E-state index contributed by atoms with van der Waals surface area (Å²) in [6, 6.07) is 11.0. The molecule has 0 unspecified atom stereocenters. The molecule has 6 nitrogen and oxygen atoms in total. The van der Waals surface area contributed by atoms with Gasteiger partial charge in [-0.25, -0.2) is 8.42 Å². The minimum absolute atomic E-state index is 0.0591. The minimum atomic E-state index is -3.53. The Morgan fingerprint density at radius 2 is 1.79 bits per heavy atom. The number of carbonyl (C=O) groups excluding carboxylic acids is 1. The third-order valence-electron chi connectivity index (χ3n) is 5.64. The zero-order valence-corrected chi connectivity index (χ0v) is 17.9. The van der Waals surface area contributed by atoms with E-state index in [1.807, 2.05) is 24.3 Å². The number of piperazine rings is 1. The molecule has 7 heteroatoms. The number of hydrogen-bond donors (Lipinski definition) is 0. The summed E-state index contributed by atoms with van der Waals surface area (Å²) in [4.78, 5) is 18.6. The van der Waals surface area contributed by atoms with Gasteiger partial charge in [-0.05, 0) is 48.1 Å². The second-order valence-electron chi connectivity index (χ2n) is 7.52. The molecule has 0 spiro atoms. The number of hydrogen-bond acceptors (Lipinski definition) is 4. The van der Waals surface area contributed by atoms with Crippen molar-refractivity contribution in [3.8, 4) is 0 Å². The predicted octanol–water partition coefficient (Wildman–Crippen LogP) is 3.06. The number of benzene rings is 1. The van der Waals surface area contributed by atoms with E-state index in [2.05, 4.69) is 18.8 Å². The zero-order valence-electron chi connectivity index (χ0n) is 17.1. The molecule has 1 atom stereocenters. The van der Waals surface area contributed by atoms with Crippen molar-refractivity contribution in [2.24, 2.45) is 0 Å². The van der Waals surface area contributed by atoms with Gasteiger partial charge in [0.05, 0.1) is 4.90 Å². The van der Waals surface area contributed by atoms with Gasteiger partial charge in [0, 0.05) is 45.0 Å². The Balaban J connectivity index is 1.55. The van der Waals surface area contributed by atoms with Gasteiger partial charge in [0.1, 0.15) is 0 Å². The third-order valence-corrected chi connectivity index (χ3v) is 7.55. The van der Waals surface area contributed by atoms with E-state index >= 15 is 0 Å². The van der Waals surface area contributed by atoms with E-state index in [4.69, 9.17) is 0 Å². The second-order valence-corrected chi connectivity index (χ2v) is 9.46. The van der Waals surface area contributed by atoms with Crippen molar-refractivity contribution >= 4 is 15.9 Å². The van der Waals surface area contributed by atoms with Crippen LogP contribution >= 0.6 is 0 Å². The first-order valence-electron chi connectivity index (χ1n) is 10.2. The number of nitrogens with zero attached hydrogens (tertiary/aromatic N) is 3. The molecule has 1 saturated heterocycles. The molecule has 0 radical (unpaired) electrons. The lowest BCUT2D eigenvalue weighted by atomic mass is 9.99. The first-order valence-corrected chi connectivity index (χ1v) is 11.6. The molecule has 1 fully saturated rings. The molecule has 3 rings (SSSR count). The summed E-state index contributed by atoms with van der Waals surface area (Å²) < 4.78 is 27.4. The third kappa shape index (κ3) is 5.22. The van der Waals surface area contributed by atoms with E-state index < -0.39 is 10.0 Å². The first kappa shape index (κ1) is 21.5. The fraction of sp³-hybridized carbons (Fsp3) is 0.455. The lowest BCUT2D eigenvalue weighted by Crippen LogP contribution is -2.50. The van der Waals surface area contributed by atoms with Crippen molar-refractivity contribution in [3.05, 3.63) is 59.9 Å². The van der Waals surface area contributed by atoms with E-state index in [1.165, 1.54) is 4.31 Å². The van der Waals surface area contributed by atoms with E-state index in [9.17, 15) is 13.2 Å². The highest BCUT2D eigenvalue weighted by Gasteiger charge is 2.30. The van der Waals surface area contributed by atoms with Crippen molar-refractivity contribution in [1.29, 1.82) is 0 Å². The molecule has 2 heterocycles. The van der Waals surface area contributed by atoms with Crippen molar-refractivity contribution < 1.29 is 13.2 Å². The lowest BCUT2D eigenvalue weighted by molar-refractivity contribution is -0.132. The second kappa shape index (κ2) is 9.50. The zero-order chi connectivity index (χ0) is 20.9. The van der Waals surface area contributed by atoms with Gasteiger partial charge in [-0.3, -0.25) is 9.78 Å². The van der Waals surface area contributed by atoms with Crippen LogP contribution in [-0.4, -0.2) is 54.7 Å². The summed E-state index contributed by atoms with van der Waals surface area (Å²) in [5.41, 5.74) is 2.18. The van der Waals surface area contributed by atoms with Crippen LogP contribution in [0.2, 0.25) is 0 Å². The molecule has 2 aromatic rings. The van der Waals surface area contributed by atoms with Crippen LogP contribution in [0.15, 0.2) is 53.7 Å². The van der Waals surface area contributed by atoms with Crippen LogP contribution in [-0.2, 0) is 21.2 Å². The summed E-state index contributed by atoms with van der Waals surface area (Å²) in [5, 5.41) is 0. The summed E-state index contributed by atoms with van der Waals surface area (Å²) in [6.07, 6.45) is 5.55. The minimum Gasteiger partial charge on any atom is -0.340 e. The number of amides is 1. The average molecular weight is 416 g/mol. The number of rotatable bonds is 7. The molecule has 0 aliphatic carbocycles. The Morgan fingerprint density at radius 3 is 2.38 bits per heavy atom. The van der Waals surface area contributed by atoms with Crippen LogP contribution in [0.3, 0.4) is 0 Å². The number of sulfonamides is 1. The molecule has 0 N–H and O–H groups in total. The Morgan fingerprint density at radius 1 is 1.10 bits per heavy atom. The molecule has 1 aliphatic heterocycles. The van der Waals surface area contributed by atoms with Crippen molar-refractivity contribution in [2.75, 3.05) is 26.2 Å². The molecule has 1 aromatic heterocycles. The topological polar surface area (TPSA) is 70.6 Å². The maximum atomic E-state index is 12.9. The standard InChI is InChI=1S/C22H29N3O3S/c1-3-18(2)20-7-9-21(10-8-20)29(27,28)25-15-13-24(14-16-25)22(26)11-6-19-5-4-12-23-17-19/h4-5,7-10,12,17-18H,3,6,11,13-16H2,1-2H3/t18-/m0/s1. The molecule has 29 heavy (non-hydrogen) atoms. The van der Waals surface area contributed by atoms with E-state index in [0.29, 0.717) is 49.8 Å².